The molecule has 44 heavy (non-hydrogen) atoms. The predicted molar refractivity (Wildman–Crippen MR) is 174 cm³/mol. The highest BCUT2D eigenvalue weighted by Gasteiger charge is 2.35. The number of nitrogens with two attached hydrogens (primary N) is 1. The summed E-state index contributed by atoms with van der Waals surface area (Å²) >= 11 is 0. The molecule has 0 saturated carbocycles. The lowest BCUT2D eigenvalue weighted by atomic mass is 9.90. The topological polar surface area (TPSA) is 130 Å². The van der Waals surface area contributed by atoms with Crippen LogP contribution in [-0.2, 0) is 25.7 Å². The minimum absolute atomic E-state index is 0.131. The zero-order valence-electron chi connectivity index (χ0n) is 26.6. The van der Waals surface area contributed by atoms with Gasteiger partial charge in [-0.3, -0.25) is 14.5 Å². The number of hydrogen-bond acceptors (Lipinski definition) is 6. The van der Waals surface area contributed by atoms with Crippen molar-refractivity contribution >= 4 is 28.7 Å². The summed E-state index contributed by atoms with van der Waals surface area (Å²) in [5, 5.41) is 7.05. The summed E-state index contributed by atoms with van der Waals surface area (Å²) in [6, 6.07) is 16.5. The van der Waals surface area contributed by atoms with Crippen molar-refractivity contribution in [3.8, 4) is 0 Å². The highest BCUT2D eigenvalue weighted by molar-refractivity contribution is 5.93. The van der Waals surface area contributed by atoms with E-state index in [1.165, 1.54) is 5.56 Å². The van der Waals surface area contributed by atoms with Gasteiger partial charge in [0.25, 0.3) is 0 Å². The number of piperidine rings is 1. The van der Waals surface area contributed by atoms with Gasteiger partial charge in [0.2, 0.25) is 11.8 Å². The normalized spacial score (nSPS) is 16.7. The number of aromatic nitrogens is 1. The van der Waals surface area contributed by atoms with Crippen LogP contribution in [0.3, 0.4) is 0 Å². The highest BCUT2D eigenvalue weighted by atomic mass is 16.6. The number of esters is 1. The molecule has 0 aliphatic carbocycles. The number of amides is 2. The van der Waals surface area contributed by atoms with Gasteiger partial charge in [-0.2, -0.15) is 0 Å². The molecule has 3 atom stereocenters. The number of carbonyl (C=O) groups excluding carboxylic acids is 3. The Balaban J connectivity index is 1.50. The van der Waals surface area contributed by atoms with Crippen molar-refractivity contribution in [2.45, 2.75) is 89.9 Å². The van der Waals surface area contributed by atoms with Crippen molar-refractivity contribution in [1.82, 2.24) is 20.5 Å². The van der Waals surface area contributed by atoms with Crippen molar-refractivity contribution in [3.63, 3.8) is 0 Å². The van der Waals surface area contributed by atoms with E-state index in [2.05, 4.69) is 32.7 Å². The van der Waals surface area contributed by atoms with E-state index < -0.39 is 29.6 Å². The molecule has 1 aliphatic rings. The van der Waals surface area contributed by atoms with E-state index in [-0.39, 0.29) is 17.7 Å². The van der Waals surface area contributed by atoms with Gasteiger partial charge in [0.15, 0.2) is 0 Å². The second kappa shape index (κ2) is 15.3. The van der Waals surface area contributed by atoms with Gasteiger partial charge >= 0.3 is 5.97 Å². The summed E-state index contributed by atoms with van der Waals surface area (Å²) in [6.45, 7) is 10.3. The third-order valence-corrected chi connectivity index (χ3v) is 8.35. The number of benzene rings is 2. The maximum absolute atomic E-state index is 14.0. The first kappa shape index (κ1) is 33.2. The SMILES string of the molecule is C[C@@H](c1c[nH]c2ccccc12)[C@@H](NC(=O)C1CCN(Cc2ccccc2)CC1)C(=O)NC(CCCCN)C(=O)OC(C)(C)C. The Morgan fingerprint density at radius 3 is 2.36 bits per heavy atom. The molecular formula is C35H49N5O4. The van der Waals surface area contributed by atoms with E-state index in [4.69, 9.17) is 10.5 Å². The van der Waals surface area contributed by atoms with Crippen LogP contribution in [0.25, 0.3) is 10.9 Å². The molecule has 9 heteroatoms. The van der Waals surface area contributed by atoms with Crippen LogP contribution >= 0.6 is 0 Å². The molecule has 9 nitrogen and oxygen atoms in total. The van der Waals surface area contributed by atoms with Gasteiger partial charge in [-0.1, -0.05) is 55.5 Å². The number of rotatable bonds is 13. The van der Waals surface area contributed by atoms with E-state index in [9.17, 15) is 14.4 Å². The summed E-state index contributed by atoms with van der Waals surface area (Å²) in [5.41, 5.74) is 8.14. The molecule has 4 rings (SSSR count). The number of aromatic amines is 1. The number of H-pyrrole nitrogens is 1. The standard InChI is InChI=1S/C35H49N5O4/c1-24(28-22-37-29-15-9-8-14-27(28)29)31(33(42)38-30(16-10-11-19-36)34(43)44-35(2,3)4)39-32(41)26-17-20-40(21-18-26)23-25-12-6-5-7-13-25/h5-9,12-15,22,24,26,30-31,37H,10-11,16-21,23,36H2,1-4H3,(H,38,42)(H,39,41)/t24-,30?,31+/m0/s1. The Kier molecular flexibility index (Phi) is 11.6. The number of nitrogens with one attached hydrogen (secondary N) is 3. The van der Waals surface area contributed by atoms with Crippen molar-refractivity contribution in [1.29, 1.82) is 0 Å². The number of fused-ring (bicyclic) bond motifs is 1. The molecule has 3 aromatic rings. The van der Waals surface area contributed by atoms with Crippen LogP contribution in [0.4, 0.5) is 0 Å². The van der Waals surface area contributed by atoms with Crippen molar-refractivity contribution in [3.05, 3.63) is 71.9 Å². The van der Waals surface area contributed by atoms with Gasteiger partial charge in [-0.05, 0) is 89.7 Å². The highest BCUT2D eigenvalue weighted by Crippen LogP contribution is 2.29. The van der Waals surface area contributed by atoms with E-state index in [1.54, 1.807) is 20.8 Å². The van der Waals surface area contributed by atoms with Crippen LogP contribution in [0.5, 0.6) is 0 Å². The fraction of sp³-hybridized carbons (Fsp3) is 0.514. The molecule has 1 aliphatic heterocycles. The Hall–Kier alpha value is -3.69. The molecule has 0 radical (unpaired) electrons. The van der Waals surface area contributed by atoms with Gasteiger partial charge < -0.3 is 26.1 Å². The lowest BCUT2D eigenvalue weighted by Crippen LogP contribution is -2.55. The minimum atomic E-state index is -0.886. The first-order valence-electron chi connectivity index (χ1n) is 15.9. The fourth-order valence-electron chi connectivity index (χ4n) is 5.91. The quantitative estimate of drug-likeness (QED) is 0.167. The third-order valence-electron chi connectivity index (χ3n) is 8.35. The molecule has 1 saturated heterocycles. The van der Waals surface area contributed by atoms with Crippen LogP contribution < -0.4 is 16.4 Å². The lowest BCUT2D eigenvalue weighted by molar-refractivity contribution is -0.159. The zero-order valence-corrected chi connectivity index (χ0v) is 26.6. The molecule has 0 spiro atoms. The number of ether oxygens (including phenoxy) is 1. The molecule has 238 valence electrons. The van der Waals surface area contributed by atoms with Gasteiger partial charge in [0.1, 0.15) is 17.7 Å². The minimum Gasteiger partial charge on any atom is -0.458 e. The zero-order chi connectivity index (χ0) is 31.7. The Morgan fingerprint density at radius 1 is 1.00 bits per heavy atom. The molecule has 5 N–H and O–H groups in total. The van der Waals surface area contributed by atoms with Crippen LogP contribution in [-0.4, -0.2) is 65.0 Å². The second-order valence-corrected chi connectivity index (χ2v) is 13.0. The van der Waals surface area contributed by atoms with Crippen LogP contribution in [0.2, 0.25) is 0 Å². The van der Waals surface area contributed by atoms with Gasteiger partial charge in [0.05, 0.1) is 0 Å². The molecule has 2 aromatic carbocycles. The first-order chi connectivity index (χ1) is 21.1. The molecule has 0 bridgehead atoms. The number of carbonyl (C=O) groups is 3. The first-order valence-corrected chi connectivity index (χ1v) is 15.9. The lowest BCUT2D eigenvalue weighted by Gasteiger charge is -2.33. The monoisotopic (exact) mass is 603 g/mol. The average molecular weight is 604 g/mol. The van der Waals surface area contributed by atoms with Crippen LogP contribution in [0.15, 0.2) is 60.8 Å². The molecule has 2 heterocycles. The number of unbranched alkanes of at least 4 members (excludes halogenated alkanes) is 1. The van der Waals surface area contributed by atoms with Crippen molar-refractivity contribution < 1.29 is 19.1 Å². The summed E-state index contributed by atoms with van der Waals surface area (Å²) in [4.78, 5) is 46.5. The molecule has 2 amide bonds. The van der Waals surface area contributed by atoms with Crippen molar-refractivity contribution in [2.75, 3.05) is 19.6 Å². The molecule has 1 fully saturated rings. The smallest absolute Gasteiger partial charge is 0.329 e. The number of hydrogen-bond donors (Lipinski definition) is 4. The third kappa shape index (κ3) is 9.16. The van der Waals surface area contributed by atoms with Crippen molar-refractivity contribution in [2.24, 2.45) is 11.7 Å². The van der Waals surface area contributed by atoms with E-state index in [0.29, 0.717) is 32.2 Å². The maximum atomic E-state index is 14.0. The van der Waals surface area contributed by atoms with Gasteiger partial charge in [-0.15, -0.1) is 0 Å². The summed E-state index contributed by atoms with van der Waals surface area (Å²) in [7, 11) is 0. The summed E-state index contributed by atoms with van der Waals surface area (Å²) in [6.07, 6.45) is 5.12. The Morgan fingerprint density at radius 2 is 1.68 bits per heavy atom. The summed E-state index contributed by atoms with van der Waals surface area (Å²) < 4.78 is 5.65. The summed E-state index contributed by atoms with van der Waals surface area (Å²) in [5.74, 6) is -1.58. The van der Waals surface area contributed by atoms with E-state index in [1.807, 2.05) is 55.6 Å². The number of likely N-dealkylation sites (tertiary alicyclic amines) is 1. The average Bonchev–Trinajstić information content (AvgIpc) is 3.43. The largest absolute Gasteiger partial charge is 0.458 e. The molecular weight excluding hydrogens is 554 g/mol. The van der Waals surface area contributed by atoms with Gasteiger partial charge in [0, 0.05) is 35.5 Å². The molecule has 1 aromatic heterocycles. The predicted octanol–water partition coefficient (Wildman–Crippen LogP) is 4.62. The number of para-hydroxylation sites is 1. The maximum Gasteiger partial charge on any atom is 0.329 e. The Bertz CT molecular complexity index is 1370. The van der Waals surface area contributed by atoms with Crippen LogP contribution in [0.1, 0.15) is 76.8 Å². The van der Waals surface area contributed by atoms with E-state index in [0.717, 1.165) is 42.5 Å². The van der Waals surface area contributed by atoms with E-state index >= 15 is 0 Å². The van der Waals surface area contributed by atoms with Crippen LogP contribution in [0, 0.1) is 5.92 Å². The second-order valence-electron chi connectivity index (χ2n) is 13.0. The molecule has 1 unspecified atom stereocenters. The number of nitrogens with zero attached hydrogens (tertiary/aromatic N) is 1. The van der Waals surface area contributed by atoms with Gasteiger partial charge in [-0.25, -0.2) is 4.79 Å². The fourth-order valence-corrected chi connectivity index (χ4v) is 5.91. The Labute approximate surface area is 261 Å².